The Kier molecular flexibility index (Phi) is 3.69. The first kappa shape index (κ1) is 12.4. The second-order valence-electron chi connectivity index (χ2n) is 5.00. The van der Waals surface area contributed by atoms with Gasteiger partial charge in [0.1, 0.15) is 5.75 Å². The molecule has 1 aliphatic heterocycles. The van der Waals surface area contributed by atoms with Crippen molar-refractivity contribution in [2.24, 2.45) is 0 Å². The number of hydrogen-bond donors (Lipinski definition) is 2. The Bertz CT molecular complexity index is 384. The summed E-state index contributed by atoms with van der Waals surface area (Å²) in [5.41, 5.74) is 1.67. The fourth-order valence-corrected chi connectivity index (χ4v) is 2.50. The molecule has 0 radical (unpaired) electrons. The van der Waals surface area contributed by atoms with Crippen LogP contribution in [0.5, 0.6) is 5.75 Å². The van der Waals surface area contributed by atoms with Crippen LogP contribution in [0.1, 0.15) is 24.0 Å². The second-order valence-corrected chi connectivity index (χ2v) is 5.00. The Hall–Kier alpha value is -1.06. The minimum atomic E-state index is -0.626. The van der Waals surface area contributed by atoms with Crippen LogP contribution in [0.2, 0.25) is 0 Å². The van der Waals surface area contributed by atoms with E-state index in [9.17, 15) is 5.11 Å². The predicted octanol–water partition coefficient (Wildman–Crippen LogP) is 1.66. The van der Waals surface area contributed by atoms with Gasteiger partial charge in [-0.05, 0) is 37.9 Å². The average Bonchev–Trinajstić information content (AvgIpc) is 2.29. The molecule has 0 aromatic heterocycles. The Morgan fingerprint density at radius 3 is 2.94 bits per heavy atom. The third-order valence-electron chi connectivity index (χ3n) is 3.41. The molecule has 1 atom stereocenters. The summed E-state index contributed by atoms with van der Waals surface area (Å²) in [6.45, 7) is 3.74. The number of ether oxygens (including phenoxy) is 1. The van der Waals surface area contributed by atoms with Crippen molar-refractivity contribution in [3.8, 4) is 5.75 Å². The number of nitrogens with one attached hydrogen (secondary N) is 1. The third kappa shape index (κ3) is 2.99. The minimum absolute atomic E-state index is 0.626. The molecule has 94 valence electrons. The molecule has 3 nitrogen and oxygen atoms in total. The summed E-state index contributed by atoms with van der Waals surface area (Å²) in [6, 6.07) is 6.11. The molecule has 2 N–H and O–H groups in total. The number of β-amino-alcohol motifs (C(OH)–C–C–N with tert-alkyl or cyclic N) is 1. The predicted molar refractivity (Wildman–Crippen MR) is 68.5 cm³/mol. The van der Waals surface area contributed by atoms with Crippen LogP contribution >= 0.6 is 0 Å². The maximum absolute atomic E-state index is 10.5. The number of aliphatic hydroxyl groups is 1. The lowest BCUT2D eigenvalue weighted by molar-refractivity contribution is 0.0165. The number of benzene rings is 1. The molecule has 2 rings (SSSR count). The zero-order chi connectivity index (χ0) is 12.3. The number of rotatable bonds is 3. The van der Waals surface area contributed by atoms with Crippen molar-refractivity contribution in [3.63, 3.8) is 0 Å². The third-order valence-corrected chi connectivity index (χ3v) is 3.41. The van der Waals surface area contributed by atoms with Crippen molar-refractivity contribution in [2.45, 2.75) is 31.8 Å². The topological polar surface area (TPSA) is 41.5 Å². The van der Waals surface area contributed by atoms with Crippen LogP contribution in [0.3, 0.4) is 0 Å². The Balaban J connectivity index is 2.19. The minimum Gasteiger partial charge on any atom is -0.496 e. The van der Waals surface area contributed by atoms with Crippen molar-refractivity contribution in [1.29, 1.82) is 0 Å². The molecule has 1 unspecified atom stereocenters. The molecular formula is C14H21NO2. The maximum atomic E-state index is 10.5. The lowest BCUT2D eigenvalue weighted by atomic mass is 9.87. The molecule has 1 aliphatic rings. The first-order chi connectivity index (χ1) is 8.13. The molecule has 1 aromatic rings. The second kappa shape index (κ2) is 5.07. The van der Waals surface area contributed by atoms with Crippen molar-refractivity contribution < 1.29 is 9.84 Å². The monoisotopic (exact) mass is 235 g/mol. The van der Waals surface area contributed by atoms with Gasteiger partial charge in [0, 0.05) is 13.0 Å². The number of methoxy groups -OCH3 is 1. The zero-order valence-electron chi connectivity index (χ0n) is 10.6. The standard InChI is InChI=1S/C14H21NO2/c1-11-4-5-13(17-2)12(8-11)9-14(16)6-3-7-15-10-14/h4-5,8,15-16H,3,6-7,9-10H2,1-2H3. The van der Waals surface area contributed by atoms with E-state index >= 15 is 0 Å². The molecule has 0 spiro atoms. The quantitative estimate of drug-likeness (QED) is 0.837. The summed E-state index contributed by atoms with van der Waals surface area (Å²) in [6.07, 6.45) is 2.55. The smallest absolute Gasteiger partial charge is 0.122 e. The molecule has 1 fully saturated rings. The number of aryl methyl sites for hydroxylation is 1. The van der Waals surface area contributed by atoms with Gasteiger partial charge < -0.3 is 15.2 Å². The summed E-state index contributed by atoms with van der Waals surface area (Å²) >= 11 is 0. The molecule has 0 bridgehead atoms. The molecule has 1 aromatic carbocycles. The normalized spacial score (nSPS) is 24.6. The van der Waals surface area contributed by atoms with Crippen molar-refractivity contribution in [2.75, 3.05) is 20.2 Å². The fraction of sp³-hybridized carbons (Fsp3) is 0.571. The van der Waals surface area contributed by atoms with Gasteiger partial charge in [0.05, 0.1) is 12.7 Å². The molecule has 1 saturated heterocycles. The van der Waals surface area contributed by atoms with E-state index in [2.05, 4.69) is 18.3 Å². The number of hydrogen-bond acceptors (Lipinski definition) is 3. The Morgan fingerprint density at radius 2 is 2.29 bits per heavy atom. The van der Waals surface area contributed by atoms with Gasteiger partial charge in [-0.3, -0.25) is 0 Å². The Morgan fingerprint density at radius 1 is 1.47 bits per heavy atom. The molecule has 0 aliphatic carbocycles. The first-order valence-electron chi connectivity index (χ1n) is 6.20. The highest BCUT2D eigenvalue weighted by Gasteiger charge is 2.30. The van der Waals surface area contributed by atoms with Gasteiger partial charge in [-0.1, -0.05) is 17.7 Å². The van der Waals surface area contributed by atoms with Crippen molar-refractivity contribution in [3.05, 3.63) is 29.3 Å². The molecule has 3 heteroatoms. The summed E-state index contributed by atoms with van der Waals surface area (Å²) in [7, 11) is 1.68. The summed E-state index contributed by atoms with van der Waals surface area (Å²) in [4.78, 5) is 0. The van der Waals surface area contributed by atoms with E-state index in [4.69, 9.17) is 4.74 Å². The van der Waals surface area contributed by atoms with Crippen LogP contribution in [0.4, 0.5) is 0 Å². The van der Waals surface area contributed by atoms with Gasteiger partial charge in [-0.15, -0.1) is 0 Å². The molecule has 0 saturated carbocycles. The Labute approximate surface area is 103 Å². The lowest BCUT2D eigenvalue weighted by Gasteiger charge is -2.33. The van der Waals surface area contributed by atoms with Crippen LogP contribution in [0.15, 0.2) is 18.2 Å². The van der Waals surface area contributed by atoms with Crippen molar-refractivity contribution >= 4 is 0 Å². The highest BCUT2D eigenvalue weighted by atomic mass is 16.5. The first-order valence-corrected chi connectivity index (χ1v) is 6.20. The van der Waals surface area contributed by atoms with E-state index in [1.54, 1.807) is 7.11 Å². The van der Waals surface area contributed by atoms with E-state index in [-0.39, 0.29) is 0 Å². The van der Waals surface area contributed by atoms with E-state index in [0.29, 0.717) is 13.0 Å². The highest BCUT2D eigenvalue weighted by molar-refractivity contribution is 5.38. The number of piperidine rings is 1. The van der Waals surface area contributed by atoms with Crippen LogP contribution in [-0.2, 0) is 6.42 Å². The van der Waals surface area contributed by atoms with E-state index in [1.807, 2.05) is 12.1 Å². The van der Waals surface area contributed by atoms with Gasteiger partial charge in [0.15, 0.2) is 0 Å². The maximum Gasteiger partial charge on any atom is 0.122 e. The molecular weight excluding hydrogens is 214 g/mol. The SMILES string of the molecule is COc1ccc(C)cc1CC1(O)CCCNC1. The fourth-order valence-electron chi connectivity index (χ4n) is 2.50. The van der Waals surface area contributed by atoms with E-state index in [1.165, 1.54) is 5.56 Å². The molecule has 0 amide bonds. The zero-order valence-corrected chi connectivity index (χ0v) is 10.6. The molecule has 17 heavy (non-hydrogen) atoms. The van der Waals surface area contributed by atoms with Crippen LogP contribution in [0.25, 0.3) is 0 Å². The largest absolute Gasteiger partial charge is 0.496 e. The molecule has 1 heterocycles. The van der Waals surface area contributed by atoms with Gasteiger partial charge in [0.25, 0.3) is 0 Å². The summed E-state index contributed by atoms with van der Waals surface area (Å²) < 4.78 is 5.36. The summed E-state index contributed by atoms with van der Waals surface area (Å²) in [5.74, 6) is 0.870. The van der Waals surface area contributed by atoms with Gasteiger partial charge >= 0.3 is 0 Å². The van der Waals surface area contributed by atoms with Crippen LogP contribution < -0.4 is 10.1 Å². The van der Waals surface area contributed by atoms with E-state index < -0.39 is 5.60 Å². The summed E-state index contributed by atoms with van der Waals surface area (Å²) in [5, 5.41) is 13.8. The highest BCUT2D eigenvalue weighted by Crippen LogP contribution is 2.27. The van der Waals surface area contributed by atoms with Crippen molar-refractivity contribution in [1.82, 2.24) is 5.32 Å². The lowest BCUT2D eigenvalue weighted by Crippen LogP contribution is -2.47. The van der Waals surface area contributed by atoms with Gasteiger partial charge in [-0.2, -0.15) is 0 Å². The van der Waals surface area contributed by atoms with Crippen LogP contribution in [0, 0.1) is 6.92 Å². The van der Waals surface area contributed by atoms with Gasteiger partial charge in [-0.25, -0.2) is 0 Å². The van der Waals surface area contributed by atoms with Crippen LogP contribution in [-0.4, -0.2) is 30.9 Å². The van der Waals surface area contributed by atoms with E-state index in [0.717, 1.165) is 30.7 Å². The average molecular weight is 235 g/mol. The van der Waals surface area contributed by atoms with Gasteiger partial charge in [0.2, 0.25) is 0 Å².